The second kappa shape index (κ2) is 9.47. The Morgan fingerprint density at radius 1 is 1.44 bits per heavy atom. The second-order valence-corrected chi connectivity index (χ2v) is 3.39. The van der Waals surface area contributed by atoms with E-state index in [1.54, 1.807) is 4.90 Å². The molecule has 0 aliphatic rings. The van der Waals surface area contributed by atoms with Gasteiger partial charge in [0.05, 0.1) is 13.0 Å². The van der Waals surface area contributed by atoms with Crippen molar-refractivity contribution >= 4 is 5.91 Å². The Bertz CT molecular complexity index is 186. The average Bonchev–Trinajstić information content (AvgIpc) is 2.23. The van der Waals surface area contributed by atoms with Gasteiger partial charge in [-0.1, -0.05) is 6.92 Å². The number of carbonyl (C=O) groups is 1. The summed E-state index contributed by atoms with van der Waals surface area (Å²) in [7, 11) is 0. The Labute approximate surface area is 94.7 Å². The zero-order chi connectivity index (χ0) is 12.4. The van der Waals surface area contributed by atoms with Crippen molar-refractivity contribution in [3.63, 3.8) is 0 Å². The number of alkyl halides is 2. The lowest BCUT2D eigenvalue weighted by molar-refractivity contribution is -0.132. The van der Waals surface area contributed by atoms with Gasteiger partial charge in [-0.15, -0.1) is 0 Å². The van der Waals surface area contributed by atoms with E-state index in [0.717, 1.165) is 6.42 Å². The number of nitrogens with zero attached hydrogens (tertiary/aromatic N) is 1. The maximum absolute atomic E-state index is 11.7. The minimum Gasteiger partial charge on any atom is -0.375 e. The molecule has 4 nitrogen and oxygen atoms in total. The third-order valence-electron chi connectivity index (χ3n) is 1.95. The van der Waals surface area contributed by atoms with Gasteiger partial charge in [-0.2, -0.15) is 0 Å². The molecule has 6 heteroatoms. The average molecular weight is 238 g/mol. The largest absolute Gasteiger partial charge is 0.375 e. The monoisotopic (exact) mass is 238 g/mol. The number of hydrogen-bond acceptors (Lipinski definition) is 3. The van der Waals surface area contributed by atoms with Gasteiger partial charge in [0, 0.05) is 19.6 Å². The fourth-order valence-corrected chi connectivity index (χ4v) is 1.28. The van der Waals surface area contributed by atoms with Crippen LogP contribution in [0, 0.1) is 0 Å². The van der Waals surface area contributed by atoms with Crippen LogP contribution < -0.4 is 5.73 Å². The van der Waals surface area contributed by atoms with Gasteiger partial charge in [-0.3, -0.25) is 4.79 Å². The van der Waals surface area contributed by atoms with Crippen molar-refractivity contribution < 1.29 is 18.3 Å². The Morgan fingerprint density at radius 2 is 2.12 bits per heavy atom. The first kappa shape index (κ1) is 15.2. The number of ether oxygens (including phenoxy) is 1. The predicted octanol–water partition coefficient (Wildman–Crippen LogP) is 0.856. The highest BCUT2D eigenvalue weighted by molar-refractivity contribution is 5.76. The van der Waals surface area contributed by atoms with Crippen LogP contribution in [0.3, 0.4) is 0 Å². The molecule has 0 radical (unpaired) electrons. The topological polar surface area (TPSA) is 55.6 Å². The summed E-state index contributed by atoms with van der Waals surface area (Å²) in [6, 6.07) is 0. The number of rotatable bonds is 9. The first-order chi connectivity index (χ1) is 7.61. The van der Waals surface area contributed by atoms with E-state index in [9.17, 15) is 13.6 Å². The van der Waals surface area contributed by atoms with Crippen LogP contribution in [0.1, 0.15) is 19.8 Å². The molecule has 0 unspecified atom stereocenters. The molecule has 0 aliphatic heterocycles. The second-order valence-electron chi connectivity index (χ2n) is 3.39. The zero-order valence-electron chi connectivity index (χ0n) is 9.62. The number of nitrogens with two attached hydrogens (primary N) is 1. The summed E-state index contributed by atoms with van der Waals surface area (Å²) in [5, 5.41) is 0. The Hall–Kier alpha value is -0.750. The van der Waals surface area contributed by atoms with Crippen molar-refractivity contribution in [1.29, 1.82) is 0 Å². The highest BCUT2D eigenvalue weighted by atomic mass is 19.3. The fourth-order valence-electron chi connectivity index (χ4n) is 1.28. The molecule has 0 spiro atoms. The maximum Gasteiger partial charge on any atom is 0.261 e. The summed E-state index contributed by atoms with van der Waals surface area (Å²) >= 11 is 0. The molecule has 96 valence electrons. The summed E-state index contributed by atoms with van der Waals surface area (Å²) in [5.74, 6) is -0.0958. The molecule has 0 heterocycles. The summed E-state index contributed by atoms with van der Waals surface area (Å²) < 4.78 is 28.1. The molecule has 0 saturated heterocycles. The van der Waals surface area contributed by atoms with E-state index >= 15 is 0 Å². The van der Waals surface area contributed by atoms with Crippen LogP contribution in [0.5, 0.6) is 0 Å². The standard InChI is InChI=1S/C10H20F2N2O2/c1-2-5-14(6-4-13)10(15)3-7-16-8-9(11)12/h9H,2-8,13H2,1H3. The van der Waals surface area contributed by atoms with Crippen LogP contribution in [0.25, 0.3) is 0 Å². The Morgan fingerprint density at radius 3 is 2.62 bits per heavy atom. The smallest absolute Gasteiger partial charge is 0.261 e. The quantitative estimate of drug-likeness (QED) is 0.606. The SMILES string of the molecule is CCCN(CCN)C(=O)CCOCC(F)F. The molecule has 0 rings (SSSR count). The molecule has 0 aromatic heterocycles. The molecule has 0 aromatic carbocycles. The van der Waals surface area contributed by atoms with Crippen molar-refractivity contribution in [3.8, 4) is 0 Å². The zero-order valence-corrected chi connectivity index (χ0v) is 9.62. The lowest BCUT2D eigenvalue weighted by atomic mass is 10.3. The van der Waals surface area contributed by atoms with E-state index in [1.807, 2.05) is 6.92 Å². The number of halogens is 2. The van der Waals surface area contributed by atoms with Crippen molar-refractivity contribution in [2.75, 3.05) is 32.8 Å². The van der Waals surface area contributed by atoms with Gasteiger partial charge in [-0.05, 0) is 6.42 Å². The van der Waals surface area contributed by atoms with Gasteiger partial charge in [0.1, 0.15) is 6.61 Å². The van der Waals surface area contributed by atoms with Gasteiger partial charge < -0.3 is 15.4 Å². The molecule has 0 fully saturated rings. The normalized spacial score (nSPS) is 10.8. The minimum absolute atomic E-state index is 0.0357. The van der Waals surface area contributed by atoms with Crippen LogP contribution in [0.2, 0.25) is 0 Å². The molecule has 0 saturated carbocycles. The van der Waals surface area contributed by atoms with Gasteiger partial charge in [-0.25, -0.2) is 8.78 Å². The highest BCUT2D eigenvalue weighted by Crippen LogP contribution is 1.98. The fraction of sp³-hybridized carbons (Fsp3) is 0.900. The first-order valence-corrected chi connectivity index (χ1v) is 5.45. The van der Waals surface area contributed by atoms with Crippen LogP contribution in [-0.4, -0.2) is 50.1 Å². The predicted molar refractivity (Wildman–Crippen MR) is 57.4 cm³/mol. The molecule has 0 atom stereocenters. The summed E-state index contributed by atoms with van der Waals surface area (Å²) in [4.78, 5) is 13.2. The molecule has 16 heavy (non-hydrogen) atoms. The van der Waals surface area contributed by atoms with E-state index in [4.69, 9.17) is 5.73 Å². The molecular formula is C10H20F2N2O2. The van der Waals surface area contributed by atoms with E-state index in [2.05, 4.69) is 4.74 Å². The third kappa shape index (κ3) is 7.53. The van der Waals surface area contributed by atoms with Crippen molar-refractivity contribution in [2.45, 2.75) is 26.2 Å². The Balaban J connectivity index is 3.73. The molecule has 0 bridgehead atoms. The van der Waals surface area contributed by atoms with E-state index < -0.39 is 13.0 Å². The van der Waals surface area contributed by atoms with Crippen LogP contribution >= 0.6 is 0 Å². The van der Waals surface area contributed by atoms with Crippen LogP contribution in [0.4, 0.5) is 8.78 Å². The Kier molecular flexibility index (Phi) is 9.03. The maximum atomic E-state index is 11.7. The first-order valence-electron chi connectivity index (χ1n) is 5.45. The molecule has 0 aliphatic carbocycles. The van der Waals surface area contributed by atoms with E-state index in [-0.39, 0.29) is 18.9 Å². The molecular weight excluding hydrogens is 218 g/mol. The molecule has 2 N–H and O–H groups in total. The lowest BCUT2D eigenvalue weighted by Gasteiger charge is -2.21. The third-order valence-corrected chi connectivity index (χ3v) is 1.95. The van der Waals surface area contributed by atoms with Crippen molar-refractivity contribution in [2.24, 2.45) is 5.73 Å². The summed E-state index contributed by atoms with van der Waals surface area (Å²) in [6.45, 7) is 2.94. The van der Waals surface area contributed by atoms with Crippen molar-refractivity contribution in [3.05, 3.63) is 0 Å². The summed E-state index contributed by atoms with van der Waals surface area (Å²) in [5.41, 5.74) is 5.37. The van der Waals surface area contributed by atoms with Crippen molar-refractivity contribution in [1.82, 2.24) is 4.90 Å². The molecule has 1 amide bonds. The highest BCUT2D eigenvalue weighted by Gasteiger charge is 2.11. The van der Waals surface area contributed by atoms with Gasteiger partial charge >= 0.3 is 0 Å². The number of amides is 1. The van der Waals surface area contributed by atoms with Crippen LogP contribution in [0.15, 0.2) is 0 Å². The van der Waals surface area contributed by atoms with E-state index in [1.165, 1.54) is 0 Å². The molecule has 0 aromatic rings. The minimum atomic E-state index is -2.48. The van der Waals surface area contributed by atoms with Crippen LogP contribution in [-0.2, 0) is 9.53 Å². The van der Waals surface area contributed by atoms with Gasteiger partial charge in [0.2, 0.25) is 5.91 Å². The number of hydrogen-bond donors (Lipinski definition) is 1. The van der Waals surface area contributed by atoms with Gasteiger partial charge in [0.25, 0.3) is 6.43 Å². The lowest BCUT2D eigenvalue weighted by Crippen LogP contribution is -2.36. The number of carbonyl (C=O) groups excluding carboxylic acids is 1. The summed E-state index contributed by atoms with van der Waals surface area (Å²) in [6.07, 6.45) is -1.50. The van der Waals surface area contributed by atoms with Gasteiger partial charge in [0.15, 0.2) is 0 Å². The van der Waals surface area contributed by atoms with E-state index in [0.29, 0.717) is 19.6 Å².